The molecule has 0 amide bonds. The molecule has 0 heterocycles. The molecule has 4 aliphatic rings. The van der Waals surface area contributed by atoms with Gasteiger partial charge in [0.05, 0.1) is 0 Å². The molecule has 0 aromatic heterocycles. The van der Waals surface area contributed by atoms with E-state index in [1.807, 2.05) is 13.8 Å². The Morgan fingerprint density at radius 1 is 0.541 bits per heavy atom. The molecule has 0 spiro atoms. The van der Waals surface area contributed by atoms with Crippen LogP contribution in [0.1, 0.15) is 121 Å². The molecule has 6 rings (SSSR count). The summed E-state index contributed by atoms with van der Waals surface area (Å²) >= 11 is 0. The summed E-state index contributed by atoms with van der Waals surface area (Å²) in [6, 6.07) is 21.8. The van der Waals surface area contributed by atoms with E-state index in [1.165, 1.54) is 107 Å². The lowest BCUT2D eigenvalue weighted by Gasteiger charge is -2.47. The van der Waals surface area contributed by atoms with E-state index in [0.29, 0.717) is 5.92 Å². The average Bonchev–Trinajstić information content (AvgIpc) is 3.63. The summed E-state index contributed by atoms with van der Waals surface area (Å²) in [6.07, 6.45) is 20.3. The van der Waals surface area contributed by atoms with Crippen LogP contribution in [0.2, 0.25) is 0 Å². The van der Waals surface area contributed by atoms with E-state index in [2.05, 4.69) is 60.7 Å². The van der Waals surface area contributed by atoms with Crippen molar-refractivity contribution in [1.82, 2.24) is 0 Å². The molecule has 0 aliphatic heterocycles. The van der Waals surface area contributed by atoms with E-state index < -0.39 is 0 Å². The van der Waals surface area contributed by atoms with Gasteiger partial charge in [-0.15, -0.1) is 0 Å². The van der Waals surface area contributed by atoms with E-state index in [-0.39, 0.29) is 11.1 Å². The third-order valence-corrected chi connectivity index (χ3v) is 10.3. The first-order valence-corrected chi connectivity index (χ1v) is 15.8. The van der Waals surface area contributed by atoms with Crippen LogP contribution >= 0.6 is 0 Å². The van der Waals surface area contributed by atoms with E-state index in [1.54, 1.807) is 0 Å². The van der Waals surface area contributed by atoms with Crippen molar-refractivity contribution in [2.24, 2.45) is 35.1 Å². The minimum Gasteiger partial charge on any atom is -0.321 e. The zero-order valence-electron chi connectivity index (χ0n) is 23.8. The van der Waals surface area contributed by atoms with Crippen molar-refractivity contribution in [2.45, 2.75) is 121 Å². The van der Waals surface area contributed by atoms with Gasteiger partial charge in [-0.1, -0.05) is 126 Å². The maximum atomic E-state index is 6.94. The number of hydrogen-bond donors (Lipinski definition) is 2. The van der Waals surface area contributed by atoms with Gasteiger partial charge in [-0.05, 0) is 79.7 Å². The Kier molecular flexibility index (Phi) is 10.3. The maximum Gasteiger partial charge on any atom is 0.0466 e. The van der Waals surface area contributed by atoms with Crippen molar-refractivity contribution in [2.75, 3.05) is 0 Å². The normalized spacial score (nSPS) is 23.9. The van der Waals surface area contributed by atoms with Crippen molar-refractivity contribution in [3.8, 4) is 0 Å². The van der Waals surface area contributed by atoms with Crippen molar-refractivity contribution in [1.29, 1.82) is 0 Å². The van der Waals surface area contributed by atoms with Crippen LogP contribution in [0, 0.1) is 23.7 Å². The van der Waals surface area contributed by atoms with E-state index in [0.717, 1.165) is 17.8 Å². The van der Waals surface area contributed by atoms with Crippen molar-refractivity contribution >= 4 is 0 Å². The minimum absolute atomic E-state index is 0.0317. The first-order chi connectivity index (χ1) is 18.1. The molecule has 2 heteroatoms. The van der Waals surface area contributed by atoms with Gasteiger partial charge in [-0.3, -0.25) is 0 Å². The highest BCUT2D eigenvalue weighted by atomic mass is 14.8. The Morgan fingerprint density at radius 3 is 1.35 bits per heavy atom. The number of rotatable bonds is 7. The van der Waals surface area contributed by atoms with E-state index >= 15 is 0 Å². The fourth-order valence-corrected chi connectivity index (χ4v) is 7.71. The molecule has 2 aromatic rings. The molecule has 0 radical (unpaired) electrons. The quantitative estimate of drug-likeness (QED) is 0.396. The molecule has 4 aliphatic carbocycles. The van der Waals surface area contributed by atoms with Gasteiger partial charge >= 0.3 is 0 Å². The van der Waals surface area contributed by atoms with Gasteiger partial charge in [0.25, 0.3) is 0 Å². The Morgan fingerprint density at radius 2 is 0.946 bits per heavy atom. The Balaban J connectivity index is 0.000000162. The average molecular weight is 503 g/mol. The lowest BCUT2D eigenvalue weighted by atomic mass is 9.62. The van der Waals surface area contributed by atoms with Crippen LogP contribution in [-0.2, 0) is 11.1 Å². The van der Waals surface area contributed by atoms with Crippen LogP contribution in [0.5, 0.6) is 0 Å². The summed E-state index contributed by atoms with van der Waals surface area (Å²) in [4.78, 5) is 0. The van der Waals surface area contributed by atoms with Crippen LogP contribution in [0.3, 0.4) is 0 Å². The van der Waals surface area contributed by atoms with Crippen LogP contribution in [0.25, 0.3) is 0 Å². The summed E-state index contributed by atoms with van der Waals surface area (Å²) in [5.41, 5.74) is 16.5. The van der Waals surface area contributed by atoms with Gasteiger partial charge in [0.1, 0.15) is 0 Å². The van der Waals surface area contributed by atoms with Crippen LogP contribution < -0.4 is 11.5 Å². The second-order valence-corrected chi connectivity index (χ2v) is 12.3. The molecular formula is C35H54N2. The van der Waals surface area contributed by atoms with Gasteiger partial charge < -0.3 is 11.5 Å². The van der Waals surface area contributed by atoms with Gasteiger partial charge in [-0.2, -0.15) is 0 Å². The molecule has 4 N–H and O–H groups in total. The lowest BCUT2D eigenvalue weighted by molar-refractivity contribution is 0.104. The SMILES string of the molecule is CC.NC(CC1CCC1)(c1ccccc1)C1CCCC1.NC(c1ccccc1)(C1CCCC1)C1CCC1. The standard InChI is InChI=1S/C17H25N.C16H23N.C2H6/c18-17(13-14-7-6-8-14,16-11-4-5-12-16)15-9-2-1-3-10-15;17-16(15-11-6-12-15,14-9-4-5-10-14)13-7-2-1-3-8-13;1-2/h1-3,9-10,14,16H,4-8,11-13,18H2;1-3,7-8,14-15H,4-6,9-12,17H2;1-2H3. The summed E-state index contributed by atoms with van der Waals surface area (Å²) in [7, 11) is 0. The smallest absolute Gasteiger partial charge is 0.0466 e. The summed E-state index contributed by atoms with van der Waals surface area (Å²) < 4.78 is 0. The first-order valence-electron chi connectivity index (χ1n) is 15.8. The predicted molar refractivity (Wildman–Crippen MR) is 159 cm³/mol. The monoisotopic (exact) mass is 502 g/mol. The molecule has 2 nitrogen and oxygen atoms in total. The maximum absolute atomic E-state index is 6.94. The van der Waals surface area contributed by atoms with Crippen molar-refractivity contribution < 1.29 is 0 Å². The summed E-state index contributed by atoms with van der Waals surface area (Å²) in [5, 5.41) is 0. The molecule has 37 heavy (non-hydrogen) atoms. The zero-order valence-corrected chi connectivity index (χ0v) is 23.8. The molecular weight excluding hydrogens is 448 g/mol. The van der Waals surface area contributed by atoms with E-state index in [4.69, 9.17) is 11.5 Å². The number of hydrogen-bond acceptors (Lipinski definition) is 2. The fourth-order valence-electron chi connectivity index (χ4n) is 7.71. The number of benzene rings is 2. The van der Waals surface area contributed by atoms with Crippen molar-refractivity contribution in [3.05, 3.63) is 71.8 Å². The van der Waals surface area contributed by atoms with Gasteiger partial charge in [0, 0.05) is 11.1 Å². The Labute approximate surface area is 228 Å². The van der Waals surface area contributed by atoms with Gasteiger partial charge in [0.15, 0.2) is 0 Å². The molecule has 2 aromatic carbocycles. The highest BCUT2D eigenvalue weighted by Gasteiger charge is 2.46. The topological polar surface area (TPSA) is 52.0 Å². The second kappa shape index (κ2) is 13.4. The second-order valence-electron chi connectivity index (χ2n) is 12.3. The molecule has 2 atom stereocenters. The molecule has 0 saturated heterocycles. The van der Waals surface area contributed by atoms with Crippen LogP contribution in [-0.4, -0.2) is 0 Å². The molecule has 2 unspecified atom stereocenters. The fraction of sp³-hybridized carbons (Fsp3) is 0.657. The molecule has 204 valence electrons. The minimum atomic E-state index is -0.0527. The third kappa shape index (κ3) is 6.34. The van der Waals surface area contributed by atoms with Gasteiger partial charge in [-0.25, -0.2) is 0 Å². The van der Waals surface area contributed by atoms with Crippen LogP contribution in [0.4, 0.5) is 0 Å². The summed E-state index contributed by atoms with van der Waals surface area (Å²) in [6.45, 7) is 4.00. The molecule has 4 saturated carbocycles. The highest BCUT2D eigenvalue weighted by Crippen LogP contribution is 2.50. The first kappa shape index (κ1) is 28.4. The van der Waals surface area contributed by atoms with Crippen LogP contribution in [0.15, 0.2) is 60.7 Å². The summed E-state index contributed by atoms with van der Waals surface area (Å²) in [5.74, 6) is 3.04. The largest absolute Gasteiger partial charge is 0.321 e. The highest BCUT2D eigenvalue weighted by molar-refractivity contribution is 5.28. The van der Waals surface area contributed by atoms with E-state index in [9.17, 15) is 0 Å². The Hall–Kier alpha value is -1.64. The van der Waals surface area contributed by atoms with Gasteiger partial charge in [0.2, 0.25) is 0 Å². The lowest BCUT2D eigenvalue weighted by Crippen LogP contribution is -2.52. The third-order valence-electron chi connectivity index (χ3n) is 10.3. The Bertz CT molecular complexity index is 891. The molecule has 0 bridgehead atoms. The number of nitrogens with two attached hydrogens (primary N) is 2. The predicted octanol–water partition coefficient (Wildman–Crippen LogP) is 9.08. The van der Waals surface area contributed by atoms with Crippen molar-refractivity contribution in [3.63, 3.8) is 0 Å². The zero-order chi connectivity index (χ0) is 26.1. The molecule has 4 fully saturated rings.